The molecule has 0 spiro atoms. The number of nitrogens with zero attached hydrogens (tertiary/aromatic N) is 1. The summed E-state index contributed by atoms with van der Waals surface area (Å²) in [5.74, 6) is -0.821. The second kappa shape index (κ2) is 8.06. The second-order valence-corrected chi connectivity index (χ2v) is 6.29. The van der Waals surface area contributed by atoms with Gasteiger partial charge in [-0.1, -0.05) is 18.2 Å². The van der Waals surface area contributed by atoms with E-state index in [1.165, 1.54) is 36.2 Å². The van der Waals surface area contributed by atoms with Crippen LogP contribution in [0.1, 0.15) is 10.4 Å². The van der Waals surface area contributed by atoms with E-state index in [9.17, 15) is 22.8 Å². The van der Waals surface area contributed by atoms with Crippen LogP contribution in [0.2, 0.25) is 0 Å². The van der Waals surface area contributed by atoms with Gasteiger partial charge in [0.15, 0.2) is 0 Å². The first-order chi connectivity index (χ1) is 11.7. The van der Waals surface area contributed by atoms with Gasteiger partial charge in [-0.3, -0.25) is 9.59 Å². The van der Waals surface area contributed by atoms with Crippen LogP contribution < -0.4 is 5.32 Å². The van der Waals surface area contributed by atoms with Crippen LogP contribution in [0.4, 0.5) is 18.9 Å². The van der Waals surface area contributed by atoms with Gasteiger partial charge >= 0.3 is 5.51 Å². The number of carbonyl (C=O) groups is 2. The van der Waals surface area contributed by atoms with Gasteiger partial charge in [-0.2, -0.15) is 13.2 Å². The van der Waals surface area contributed by atoms with E-state index in [4.69, 9.17) is 0 Å². The van der Waals surface area contributed by atoms with Crippen LogP contribution in [0, 0.1) is 0 Å². The summed E-state index contributed by atoms with van der Waals surface area (Å²) in [7, 11) is 1.45. The smallest absolute Gasteiger partial charge is 0.332 e. The van der Waals surface area contributed by atoms with Gasteiger partial charge in [-0.05, 0) is 48.2 Å². The standard InChI is InChI=1S/C17H15F3N2O2S/c1-22(11-15(23)21-13-5-3-2-4-6-13)16(24)12-7-9-14(10-8-12)25-17(18,19)20/h2-10H,11H2,1H3,(H,21,23). The van der Waals surface area contributed by atoms with Crippen LogP contribution in [0.15, 0.2) is 59.5 Å². The molecule has 0 aliphatic heterocycles. The lowest BCUT2D eigenvalue weighted by Crippen LogP contribution is -2.34. The summed E-state index contributed by atoms with van der Waals surface area (Å²) in [5, 5.41) is 2.65. The normalized spacial score (nSPS) is 11.0. The highest BCUT2D eigenvalue weighted by Gasteiger charge is 2.29. The minimum absolute atomic E-state index is 0.00600. The Balaban J connectivity index is 1.94. The summed E-state index contributed by atoms with van der Waals surface area (Å²) >= 11 is -0.248. The van der Waals surface area contributed by atoms with Crippen molar-refractivity contribution in [2.45, 2.75) is 10.4 Å². The number of halogens is 3. The van der Waals surface area contributed by atoms with E-state index < -0.39 is 11.4 Å². The first kappa shape index (κ1) is 18.9. The lowest BCUT2D eigenvalue weighted by atomic mass is 10.2. The van der Waals surface area contributed by atoms with Crippen LogP contribution in [-0.2, 0) is 4.79 Å². The van der Waals surface area contributed by atoms with Crippen LogP contribution in [0.5, 0.6) is 0 Å². The van der Waals surface area contributed by atoms with Crippen molar-refractivity contribution in [3.05, 3.63) is 60.2 Å². The van der Waals surface area contributed by atoms with Gasteiger partial charge in [0.05, 0.1) is 6.54 Å². The van der Waals surface area contributed by atoms with Crippen molar-refractivity contribution < 1.29 is 22.8 Å². The second-order valence-electron chi connectivity index (χ2n) is 5.15. The van der Waals surface area contributed by atoms with Crippen molar-refractivity contribution in [2.75, 3.05) is 18.9 Å². The topological polar surface area (TPSA) is 49.4 Å². The zero-order chi connectivity index (χ0) is 18.4. The Hall–Kier alpha value is -2.48. The Kier molecular flexibility index (Phi) is 6.08. The van der Waals surface area contributed by atoms with Gasteiger partial charge < -0.3 is 10.2 Å². The number of benzene rings is 2. The van der Waals surface area contributed by atoms with E-state index in [0.29, 0.717) is 5.69 Å². The average molecular weight is 368 g/mol. The predicted molar refractivity (Wildman–Crippen MR) is 90.4 cm³/mol. The molecule has 8 heteroatoms. The van der Waals surface area contributed by atoms with Gasteiger partial charge in [-0.15, -0.1) is 0 Å². The molecule has 132 valence electrons. The number of carbonyl (C=O) groups excluding carboxylic acids is 2. The van der Waals surface area contributed by atoms with E-state index in [1.807, 2.05) is 6.07 Å². The molecule has 2 amide bonds. The summed E-state index contributed by atoms with van der Waals surface area (Å²) in [6, 6.07) is 13.9. The average Bonchev–Trinajstić information content (AvgIpc) is 2.54. The highest BCUT2D eigenvalue weighted by molar-refractivity contribution is 8.00. The van der Waals surface area contributed by atoms with Crippen molar-refractivity contribution in [1.29, 1.82) is 0 Å². The molecule has 0 aliphatic carbocycles. The van der Waals surface area contributed by atoms with Crippen LogP contribution in [-0.4, -0.2) is 35.8 Å². The molecule has 0 fully saturated rings. The number of hydrogen-bond donors (Lipinski definition) is 1. The lowest BCUT2D eigenvalue weighted by Gasteiger charge is -2.17. The molecule has 4 nitrogen and oxygen atoms in total. The molecular weight excluding hydrogens is 353 g/mol. The molecule has 0 aliphatic rings. The van der Waals surface area contributed by atoms with E-state index >= 15 is 0 Å². The zero-order valence-electron chi connectivity index (χ0n) is 13.2. The number of nitrogens with one attached hydrogen (secondary N) is 1. The molecule has 0 aromatic heterocycles. The maximum absolute atomic E-state index is 12.3. The monoisotopic (exact) mass is 368 g/mol. The fraction of sp³-hybridized carbons (Fsp3) is 0.176. The maximum atomic E-state index is 12.3. The minimum atomic E-state index is -4.38. The summed E-state index contributed by atoms with van der Waals surface area (Å²) in [4.78, 5) is 25.4. The molecule has 0 saturated heterocycles. The van der Waals surface area contributed by atoms with Crippen molar-refractivity contribution in [1.82, 2.24) is 4.90 Å². The zero-order valence-corrected chi connectivity index (χ0v) is 14.0. The fourth-order valence-corrected chi connectivity index (χ4v) is 2.57. The Bertz CT molecular complexity index is 734. The van der Waals surface area contributed by atoms with Crippen molar-refractivity contribution in [3.63, 3.8) is 0 Å². The van der Waals surface area contributed by atoms with Crippen molar-refractivity contribution in [3.8, 4) is 0 Å². The van der Waals surface area contributed by atoms with Gasteiger partial charge in [0.1, 0.15) is 0 Å². The Morgan fingerprint density at radius 2 is 1.64 bits per heavy atom. The largest absolute Gasteiger partial charge is 0.446 e. The maximum Gasteiger partial charge on any atom is 0.446 e. The molecule has 0 unspecified atom stereocenters. The number of alkyl halides is 3. The van der Waals surface area contributed by atoms with Gasteiger partial charge in [0.25, 0.3) is 5.91 Å². The Morgan fingerprint density at radius 1 is 1.04 bits per heavy atom. The number of hydrogen-bond acceptors (Lipinski definition) is 3. The van der Waals surface area contributed by atoms with E-state index in [1.54, 1.807) is 24.3 Å². The SMILES string of the molecule is CN(CC(=O)Nc1ccccc1)C(=O)c1ccc(SC(F)(F)F)cc1. The van der Waals surface area contributed by atoms with Crippen molar-refractivity contribution >= 4 is 29.3 Å². The van der Waals surface area contributed by atoms with Crippen LogP contribution in [0.25, 0.3) is 0 Å². The third kappa shape index (κ3) is 6.15. The predicted octanol–water partition coefficient (Wildman–Crippen LogP) is 4.01. The third-order valence-electron chi connectivity index (χ3n) is 3.12. The number of rotatable bonds is 5. The summed E-state index contributed by atoms with van der Waals surface area (Å²) in [5.41, 5.74) is -3.55. The van der Waals surface area contributed by atoms with E-state index in [2.05, 4.69) is 5.32 Å². The number of likely N-dealkylation sites (N-methyl/N-ethyl adjacent to an activating group) is 1. The quantitative estimate of drug-likeness (QED) is 0.812. The summed E-state index contributed by atoms with van der Waals surface area (Å²) in [6.45, 7) is -0.174. The van der Waals surface area contributed by atoms with Gasteiger partial charge in [-0.25, -0.2) is 0 Å². The first-order valence-electron chi connectivity index (χ1n) is 7.21. The summed E-state index contributed by atoms with van der Waals surface area (Å²) < 4.78 is 36.9. The molecule has 0 heterocycles. The Labute approximate surface area is 147 Å². The summed E-state index contributed by atoms with van der Waals surface area (Å²) in [6.07, 6.45) is 0. The van der Waals surface area contributed by atoms with Crippen molar-refractivity contribution in [2.24, 2.45) is 0 Å². The lowest BCUT2D eigenvalue weighted by molar-refractivity contribution is -0.116. The minimum Gasteiger partial charge on any atom is -0.332 e. The number of anilines is 1. The Morgan fingerprint density at radius 3 is 2.20 bits per heavy atom. The van der Waals surface area contributed by atoms with E-state index in [-0.39, 0.29) is 34.7 Å². The van der Waals surface area contributed by atoms with Crippen LogP contribution >= 0.6 is 11.8 Å². The first-order valence-corrected chi connectivity index (χ1v) is 8.02. The molecule has 2 aromatic carbocycles. The molecule has 25 heavy (non-hydrogen) atoms. The molecule has 2 rings (SSSR count). The highest BCUT2D eigenvalue weighted by Crippen LogP contribution is 2.36. The number of para-hydroxylation sites is 1. The highest BCUT2D eigenvalue weighted by atomic mass is 32.2. The van der Waals surface area contributed by atoms with Gasteiger partial charge in [0, 0.05) is 23.2 Å². The molecule has 0 atom stereocenters. The molecule has 0 saturated carbocycles. The van der Waals surface area contributed by atoms with E-state index in [0.717, 1.165) is 0 Å². The number of amides is 2. The molecule has 0 bridgehead atoms. The molecular formula is C17H15F3N2O2S. The fourth-order valence-electron chi connectivity index (χ4n) is 2.03. The molecule has 0 radical (unpaired) electrons. The molecule has 1 N–H and O–H groups in total. The third-order valence-corrected chi connectivity index (χ3v) is 3.86. The molecule has 2 aromatic rings. The number of thioether (sulfide) groups is 1. The van der Waals surface area contributed by atoms with Crippen LogP contribution in [0.3, 0.4) is 0 Å². The van der Waals surface area contributed by atoms with Gasteiger partial charge in [0.2, 0.25) is 5.91 Å².